The van der Waals surface area contributed by atoms with Gasteiger partial charge >= 0.3 is 0 Å². The largest absolute Gasteiger partial charge is 0.493 e. The van der Waals surface area contributed by atoms with E-state index in [1.54, 1.807) is 21.3 Å². The monoisotopic (exact) mass is 310 g/mol. The van der Waals surface area contributed by atoms with Crippen LogP contribution in [0.2, 0.25) is 0 Å². The van der Waals surface area contributed by atoms with E-state index in [0.717, 1.165) is 11.1 Å². The van der Waals surface area contributed by atoms with Crippen LogP contribution in [0, 0.1) is 6.92 Å². The number of benzene rings is 1. The molecular weight excluding hydrogens is 287 g/mol. The molecule has 5 nitrogen and oxygen atoms in total. The molecule has 0 unspecified atom stereocenters. The van der Waals surface area contributed by atoms with Gasteiger partial charge in [-0.3, -0.25) is 4.79 Å². The van der Waals surface area contributed by atoms with E-state index in [2.05, 4.69) is 5.32 Å². The molecule has 1 amide bonds. The fraction of sp³-hybridized carbons (Fsp3) is 0.562. The Kier molecular flexibility index (Phi) is 4.90. The van der Waals surface area contributed by atoms with E-state index in [1.165, 1.54) is 4.90 Å². The molecule has 1 heterocycles. The van der Waals surface area contributed by atoms with E-state index in [9.17, 15) is 9.18 Å². The molecule has 2 rings (SSSR count). The van der Waals surface area contributed by atoms with Crippen molar-refractivity contribution in [2.75, 3.05) is 34.4 Å². The minimum Gasteiger partial charge on any atom is -0.493 e. The maximum atomic E-state index is 14.5. The number of nitrogens with zero attached hydrogens (tertiary/aromatic N) is 1. The van der Waals surface area contributed by atoms with Crippen LogP contribution in [0.3, 0.4) is 0 Å². The Morgan fingerprint density at radius 2 is 2.00 bits per heavy atom. The van der Waals surface area contributed by atoms with Crippen LogP contribution in [-0.4, -0.2) is 50.8 Å². The van der Waals surface area contributed by atoms with E-state index in [0.29, 0.717) is 24.6 Å². The van der Waals surface area contributed by atoms with Gasteiger partial charge in [-0.25, -0.2) is 4.39 Å². The summed E-state index contributed by atoms with van der Waals surface area (Å²) in [5.41, 5.74) is 0.0805. The first-order chi connectivity index (χ1) is 10.4. The van der Waals surface area contributed by atoms with Crippen molar-refractivity contribution in [3.8, 4) is 11.5 Å². The van der Waals surface area contributed by atoms with Crippen LogP contribution in [0.25, 0.3) is 0 Å². The zero-order chi connectivity index (χ0) is 16.3. The van der Waals surface area contributed by atoms with Crippen LogP contribution in [0.4, 0.5) is 4.39 Å². The maximum Gasteiger partial charge on any atom is 0.261 e. The molecule has 1 atom stereocenters. The molecule has 1 saturated heterocycles. The molecule has 1 fully saturated rings. The molecule has 0 spiro atoms. The third-order valence-electron chi connectivity index (χ3n) is 4.08. The normalized spacial score (nSPS) is 20.8. The Morgan fingerprint density at radius 3 is 2.55 bits per heavy atom. The molecule has 1 aliphatic rings. The van der Waals surface area contributed by atoms with Crippen LogP contribution in [0.15, 0.2) is 12.1 Å². The second-order valence-corrected chi connectivity index (χ2v) is 5.69. The predicted octanol–water partition coefficient (Wildman–Crippen LogP) is 1.67. The molecule has 0 aliphatic carbocycles. The molecule has 0 bridgehead atoms. The average molecular weight is 310 g/mol. The van der Waals surface area contributed by atoms with Crippen LogP contribution >= 0.6 is 0 Å². The fourth-order valence-electron chi connectivity index (χ4n) is 2.71. The lowest BCUT2D eigenvalue weighted by atomic mass is 10.0. The van der Waals surface area contributed by atoms with Crippen molar-refractivity contribution in [1.82, 2.24) is 10.2 Å². The molecule has 0 saturated carbocycles. The molecule has 0 aromatic heterocycles. The van der Waals surface area contributed by atoms with Crippen molar-refractivity contribution in [3.63, 3.8) is 0 Å². The van der Waals surface area contributed by atoms with E-state index in [1.807, 2.05) is 19.1 Å². The first-order valence-corrected chi connectivity index (χ1v) is 7.28. The molecule has 0 radical (unpaired) electrons. The summed E-state index contributed by atoms with van der Waals surface area (Å²) in [6, 6.07) is 3.69. The van der Waals surface area contributed by atoms with Gasteiger partial charge < -0.3 is 19.7 Å². The molecule has 1 N–H and O–H groups in total. The maximum absolute atomic E-state index is 14.5. The smallest absolute Gasteiger partial charge is 0.261 e. The third-order valence-corrected chi connectivity index (χ3v) is 4.08. The molecule has 1 aromatic carbocycles. The van der Waals surface area contributed by atoms with Crippen LogP contribution in [0.5, 0.6) is 11.5 Å². The third kappa shape index (κ3) is 3.16. The summed E-state index contributed by atoms with van der Waals surface area (Å²) in [5.74, 6) is 0.757. The lowest BCUT2D eigenvalue weighted by molar-refractivity contribution is -0.142. The zero-order valence-electron chi connectivity index (χ0n) is 13.5. The van der Waals surface area contributed by atoms with Gasteiger partial charge in [-0.2, -0.15) is 0 Å². The molecule has 6 heteroatoms. The van der Waals surface area contributed by atoms with Gasteiger partial charge in [-0.1, -0.05) is 0 Å². The van der Waals surface area contributed by atoms with Crippen molar-refractivity contribution in [3.05, 3.63) is 23.3 Å². The zero-order valence-corrected chi connectivity index (χ0v) is 13.5. The number of methoxy groups -OCH3 is 2. The van der Waals surface area contributed by atoms with Crippen molar-refractivity contribution < 1.29 is 18.7 Å². The van der Waals surface area contributed by atoms with Crippen LogP contribution < -0.4 is 14.8 Å². The number of ether oxygens (including phenoxy) is 2. The standard InChI is InChI=1S/C16H23FN2O3/c1-11-7-13(21-3)14(22-4)8-12(11)9-19(2)15(20)16(17)5-6-18-10-16/h7-8,18H,5-6,9-10H2,1-4H3/t16-/m1/s1. The van der Waals surface area contributed by atoms with E-state index < -0.39 is 11.6 Å². The first kappa shape index (κ1) is 16.5. The number of rotatable bonds is 5. The average Bonchev–Trinajstić information content (AvgIpc) is 2.95. The Hall–Kier alpha value is -1.82. The summed E-state index contributed by atoms with van der Waals surface area (Å²) in [7, 11) is 4.76. The molecule has 1 aromatic rings. The first-order valence-electron chi connectivity index (χ1n) is 7.28. The molecule has 1 aliphatic heterocycles. The summed E-state index contributed by atoms with van der Waals surface area (Å²) in [4.78, 5) is 13.7. The van der Waals surface area contributed by atoms with Gasteiger partial charge in [0, 0.05) is 26.6 Å². The Labute approximate surface area is 130 Å². The number of carbonyl (C=O) groups excluding carboxylic acids is 1. The highest BCUT2D eigenvalue weighted by atomic mass is 19.1. The van der Waals surface area contributed by atoms with E-state index >= 15 is 0 Å². The minimum atomic E-state index is -1.79. The van der Waals surface area contributed by atoms with E-state index in [-0.39, 0.29) is 13.0 Å². The highest BCUT2D eigenvalue weighted by Crippen LogP contribution is 2.31. The molecular formula is C16H23FN2O3. The highest BCUT2D eigenvalue weighted by molar-refractivity contribution is 5.85. The number of hydrogen-bond acceptors (Lipinski definition) is 4. The van der Waals surface area contributed by atoms with Gasteiger partial charge in [0.2, 0.25) is 5.67 Å². The second kappa shape index (κ2) is 6.52. The SMILES string of the molecule is COc1cc(C)c(CN(C)C(=O)[C@@]2(F)CCNC2)cc1OC. The molecule has 122 valence electrons. The number of carbonyl (C=O) groups is 1. The molecule has 22 heavy (non-hydrogen) atoms. The predicted molar refractivity (Wildman–Crippen MR) is 82.1 cm³/mol. The Morgan fingerprint density at radius 1 is 1.36 bits per heavy atom. The lowest BCUT2D eigenvalue weighted by Crippen LogP contribution is -2.45. The van der Waals surface area contributed by atoms with Gasteiger partial charge in [0.15, 0.2) is 11.5 Å². The lowest BCUT2D eigenvalue weighted by Gasteiger charge is -2.26. The summed E-state index contributed by atoms with van der Waals surface area (Å²) in [6.45, 7) is 2.88. The Balaban J connectivity index is 2.17. The van der Waals surface area contributed by atoms with Gasteiger partial charge in [0.05, 0.1) is 14.2 Å². The van der Waals surface area contributed by atoms with Crippen LogP contribution in [0.1, 0.15) is 17.5 Å². The van der Waals surface area contributed by atoms with Gasteiger partial charge in [-0.05, 0) is 36.7 Å². The van der Waals surface area contributed by atoms with Crippen molar-refractivity contribution in [2.24, 2.45) is 0 Å². The summed E-state index contributed by atoms with van der Waals surface area (Å²) in [6.07, 6.45) is 0.223. The van der Waals surface area contributed by atoms with Crippen molar-refractivity contribution in [1.29, 1.82) is 0 Å². The number of halogens is 1. The summed E-state index contributed by atoms with van der Waals surface area (Å²) < 4.78 is 25.1. The van der Waals surface area contributed by atoms with Crippen molar-refractivity contribution in [2.45, 2.75) is 25.6 Å². The number of hydrogen-bond donors (Lipinski definition) is 1. The quantitative estimate of drug-likeness (QED) is 0.899. The summed E-state index contributed by atoms with van der Waals surface area (Å²) >= 11 is 0. The van der Waals surface area contributed by atoms with Crippen LogP contribution in [-0.2, 0) is 11.3 Å². The number of amides is 1. The number of nitrogens with one attached hydrogen (secondary N) is 1. The van der Waals surface area contributed by atoms with E-state index in [4.69, 9.17) is 9.47 Å². The summed E-state index contributed by atoms with van der Waals surface area (Å²) in [5, 5.41) is 2.90. The number of alkyl halides is 1. The minimum absolute atomic E-state index is 0.0844. The Bertz CT molecular complexity index is 557. The van der Waals surface area contributed by atoms with Gasteiger partial charge in [0.25, 0.3) is 5.91 Å². The second-order valence-electron chi connectivity index (χ2n) is 5.69. The van der Waals surface area contributed by atoms with Gasteiger partial charge in [-0.15, -0.1) is 0 Å². The number of aryl methyl sites for hydroxylation is 1. The van der Waals surface area contributed by atoms with Crippen molar-refractivity contribution >= 4 is 5.91 Å². The highest BCUT2D eigenvalue weighted by Gasteiger charge is 2.43. The fourth-order valence-corrected chi connectivity index (χ4v) is 2.71. The topological polar surface area (TPSA) is 50.8 Å². The van der Waals surface area contributed by atoms with Gasteiger partial charge in [0.1, 0.15) is 0 Å².